The van der Waals surface area contributed by atoms with E-state index in [-0.39, 0.29) is 0 Å². The summed E-state index contributed by atoms with van der Waals surface area (Å²) in [7, 11) is 0. The number of thiophene rings is 1. The molecule has 15 rings (SSSR count). The third kappa shape index (κ3) is 5.08. The molecule has 0 amide bonds. The monoisotopic (exact) mass is 886 g/mol. The van der Waals surface area contributed by atoms with Crippen molar-refractivity contribution >= 4 is 98.5 Å². The van der Waals surface area contributed by atoms with E-state index in [1.807, 2.05) is 17.4 Å². The van der Waals surface area contributed by atoms with E-state index < -0.39 is 5.41 Å². The van der Waals surface area contributed by atoms with Crippen molar-refractivity contribution < 1.29 is 8.83 Å². The predicted molar refractivity (Wildman–Crippen MR) is 282 cm³/mol. The molecule has 4 nitrogen and oxygen atoms in total. The van der Waals surface area contributed by atoms with Gasteiger partial charge in [-0.05, 0) is 112 Å². The van der Waals surface area contributed by atoms with Crippen LogP contribution in [0, 0.1) is 0 Å². The summed E-state index contributed by atoms with van der Waals surface area (Å²) in [5.74, 6) is 0.956. The van der Waals surface area contributed by atoms with Gasteiger partial charge in [0, 0.05) is 59.9 Å². The number of rotatable bonds is 6. The molecule has 0 fully saturated rings. The standard InChI is InChI=1S/C63H38N2O2S/c1-3-17-39(18-4-1)64(54-28-15-25-47-45-22-8-12-30-56(45)66-60(47)54)41-34-36-52-50(37-41)59-49-24-9-13-31-57(49)67-62(59)63(52)51-27-11-7-21-43(51)44-35-33-42(38-53(44)63)65(40-19-5-2-6-20-40)55-29-16-26-48-46-23-10-14-32-58(46)68-61(48)55/h1-38H. The van der Waals surface area contributed by atoms with Crippen molar-refractivity contribution in [2.24, 2.45) is 0 Å². The Morgan fingerprint density at radius 2 is 0.926 bits per heavy atom. The van der Waals surface area contributed by atoms with E-state index in [0.717, 1.165) is 83.9 Å². The topological polar surface area (TPSA) is 32.8 Å². The SMILES string of the molecule is c1ccc(N(c2ccc3c(c2)-c2c(oc4ccccc24)C32c3ccccc3-c3ccc(N(c4ccccc4)c4cccc5c4sc4ccccc45)cc32)c2cccc3c2oc2ccccc23)cc1. The number of anilines is 6. The molecule has 13 aromatic rings. The number of furan rings is 2. The van der Waals surface area contributed by atoms with Crippen molar-refractivity contribution in [2.75, 3.05) is 9.80 Å². The number of hydrogen-bond donors (Lipinski definition) is 0. The summed E-state index contributed by atoms with van der Waals surface area (Å²) in [5.41, 5.74) is 16.6. The Labute approximate surface area is 395 Å². The minimum Gasteiger partial charge on any atom is -0.459 e. The molecule has 0 saturated carbocycles. The highest BCUT2D eigenvalue weighted by atomic mass is 32.1. The summed E-state index contributed by atoms with van der Waals surface area (Å²) in [4.78, 5) is 4.79. The van der Waals surface area contributed by atoms with Crippen LogP contribution in [-0.2, 0) is 5.41 Å². The molecule has 1 spiro atoms. The molecule has 0 bridgehead atoms. The van der Waals surface area contributed by atoms with E-state index in [1.165, 1.54) is 48.0 Å². The van der Waals surface area contributed by atoms with Gasteiger partial charge in [0.2, 0.25) is 0 Å². The minimum absolute atomic E-state index is 0.744. The first-order valence-electron chi connectivity index (χ1n) is 23.2. The van der Waals surface area contributed by atoms with Gasteiger partial charge < -0.3 is 18.6 Å². The highest BCUT2D eigenvalue weighted by molar-refractivity contribution is 7.26. The first-order chi connectivity index (χ1) is 33.7. The minimum atomic E-state index is -0.744. The van der Waals surface area contributed by atoms with Crippen LogP contribution in [0.3, 0.4) is 0 Å². The van der Waals surface area contributed by atoms with Gasteiger partial charge in [0.25, 0.3) is 0 Å². The molecule has 0 radical (unpaired) electrons. The molecule has 0 aliphatic heterocycles. The molecule has 3 heterocycles. The van der Waals surface area contributed by atoms with Gasteiger partial charge in [-0.1, -0.05) is 152 Å². The van der Waals surface area contributed by atoms with Crippen LogP contribution < -0.4 is 9.80 Å². The lowest BCUT2D eigenvalue weighted by Gasteiger charge is -2.31. The molecule has 2 aliphatic carbocycles. The largest absolute Gasteiger partial charge is 0.459 e. The molecule has 1 unspecified atom stereocenters. The van der Waals surface area contributed by atoms with E-state index in [9.17, 15) is 0 Å². The van der Waals surface area contributed by atoms with Crippen molar-refractivity contribution in [3.8, 4) is 22.3 Å². The summed E-state index contributed by atoms with van der Waals surface area (Å²) in [6.07, 6.45) is 0. The van der Waals surface area contributed by atoms with E-state index >= 15 is 0 Å². The lowest BCUT2D eigenvalue weighted by atomic mass is 9.73. The first kappa shape index (κ1) is 37.6. The second kappa shape index (κ2) is 14.2. The lowest BCUT2D eigenvalue weighted by molar-refractivity contribution is 0.507. The molecule has 68 heavy (non-hydrogen) atoms. The van der Waals surface area contributed by atoms with Crippen molar-refractivity contribution in [3.63, 3.8) is 0 Å². The highest BCUT2D eigenvalue weighted by Gasteiger charge is 2.55. The quantitative estimate of drug-likeness (QED) is 0.167. The molecule has 2 aliphatic rings. The normalized spacial score (nSPS) is 14.5. The number of para-hydroxylation sites is 5. The van der Waals surface area contributed by atoms with Crippen LogP contribution in [-0.4, -0.2) is 0 Å². The number of fused-ring (bicyclic) bond motifs is 18. The van der Waals surface area contributed by atoms with Crippen molar-refractivity contribution in [2.45, 2.75) is 5.41 Å². The van der Waals surface area contributed by atoms with Crippen molar-refractivity contribution in [1.29, 1.82) is 0 Å². The first-order valence-corrected chi connectivity index (χ1v) is 24.0. The molecule has 10 aromatic carbocycles. The van der Waals surface area contributed by atoms with Crippen LogP contribution in [0.25, 0.3) is 75.3 Å². The zero-order valence-electron chi connectivity index (χ0n) is 36.6. The number of benzene rings is 10. The smallest absolute Gasteiger partial charge is 0.159 e. The number of nitrogens with zero attached hydrogens (tertiary/aromatic N) is 2. The Hall–Kier alpha value is -8.64. The second-order valence-electron chi connectivity index (χ2n) is 17.9. The van der Waals surface area contributed by atoms with E-state index in [1.54, 1.807) is 0 Å². The van der Waals surface area contributed by atoms with Gasteiger partial charge in [-0.2, -0.15) is 0 Å². The molecular formula is C63H38N2O2S. The summed E-state index contributed by atoms with van der Waals surface area (Å²) < 4.78 is 16.6. The fourth-order valence-corrected chi connectivity index (χ4v) is 12.9. The summed E-state index contributed by atoms with van der Waals surface area (Å²) in [6.45, 7) is 0. The second-order valence-corrected chi connectivity index (χ2v) is 19.0. The Balaban J connectivity index is 0.998. The maximum absolute atomic E-state index is 7.33. The van der Waals surface area contributed by atoms with Gasteiger partial charge in [-0.3, -0.25) is 0 Å². The highest BCUT2D eigenvalue weighted by Crippen LogP contribution is 2.66. The van der Waals surface area contributed by atoms with Crippen molar-refractivity contribution in [1.82, 2.24) is 0 Å². The van der Waals surface area contributed by atoms with Gasteiger partial charge in [0.05, 0.1) is 16.1 Å². The maximum atomic E-state index is 7.33. The van der Waals surface area contributed by atoms with Gasteiger partial charge in [-0.15, -0.1) is 11.3 Å². The van der Waals surface area contributed by atoms with Crippen LogP contribution in [0.4, 0.5) is 34.1 Å². The van der Waals surface area contributed by atoms with E-state index in [0.29, 0.717) is 0 Å². The van der Waals surface area contributed by atoms with Gasteiger partial charge in [0.15, 0.2) is 5.58 Å². The fraction of sp³-hybridized carbons (Fsp3) is 0.0159. The summed E-state index contributed by atoms with van der Waals surface area (Å²) in [5, 5.41) is 5.85. The molecule has 1 atom stereocenters. The third-order valence-corrected chi connectivity index (χ3v) is 15.6. The number of hydrogen-bond acceptors (Lipinski definition) is 5. The molecule has 0 N–H and O–H groups in total. The fourth-order valence-electron chi connectivity index (χ4n) is 11.7. The van der Waals surface area contributed by atoms with Gasteiger partial charge >= 0.3 is 0 Å². The Kier molecular flexibility index (Phi) is 7.83. The average molecular weight is 887 g/mol. The Morgan fingerprint density at radius 3 is 1.74 bits per heavy atom. The van der Waals surface area contributed by atoms with Crippen LogP contribution in [0.1, 0.15) is 22.5 Å². The van der Waals surface area contributed by atoms with Crippen LogP contribution in [0.5, 0.6) is 0 Å². The molecule has 0 saturated heterocycles. The molecule has 318 valence electrons. The lowest BCUT2D eigenvalue weighted by Crippen LogP contribution is -2.26. The van der Waals surface area contributed by atoms with Gasteiger partial charge in [0.1, 0.15) is 22.3 Å². The summed E-state index contributed by atoms with van der Waals surface area (Å²) >= 11 is 1.86. The zero-order valence-corrected chi connectivity index (χ0v) is 37.4. The van der Waals surface area contributed by atoms with Crippen LogP contribution in [0.15, 0.2) is 239 Å². The van der Waals surface area contributed by atoms with E-state index in [2.05, 4.69) is 234 Å². The Morgan fingerprint density at radius 1 is 0.353 bits per heavy atom. The average Bonchev–Trinajstić information content (AvgIpc) is 4.20. The van der Waals surface area contributed by atoms with E-state index in [4.69, 9.17) is 8.83 Å². The van der Waals surface area contributed by atoms with Crippen LogP contribution in [0.2, 0.25) is 0 Å². The Bertz CT molecular complexity index is 4180. The molecule has 5 heteroatoms. The molecule has 3 aromatic heterocycles. The van der Waals surface area contributed by atoms with Gasteiger partial charge in [-0.25, -0.2) is 0 Å². The zero-order chi connectivity index (χ0) is 44.5. The molecular weight excluding hydrogens is 849 g/mol. The van der Waals surface area contributed by atoms with Crippen molar-refractivity contribution in [3.05, 3.63) is 253 Å². The van der Waals surface area contributed by atoms with Crippen LogP contribution >= 0.6 is 11.3 Å². The third-order valence-electron chi connectivity index (χ3n) is 14.4. The maximum Gasteiger partial charge on any atom is 0.159 e. The summed E-state index contributed by atoms with van der Waals surface area (Å²) in [6, 6.07) is 83.4. The predicted octanol–water partition coefficient (Wildman–Crippen LogP) is 18.0.